The van der Waals surface area contributed by atoms with Crippen LogP contribution in [-0.4, -0.2) is 22.9 Å². The highest BCUT2D eigenvalue weighted by molar-refractivity contribution is 5.06. The topological polar surface area (TPSA) is 40.5 Å². The zero-order chi connectivity index (χ0) is 10.3. The van der Waals surface area contributed by atoms with Gasteiger partial charge in [-0.1, -0.05) is 17.7 Å². The van der Waals surface area contributed by atoms with E-state index in [-0.39, 0.29) is 12.7 Å². The van der Waals surface area contributed by atoms with Crippen molar-refractivity contribution in [1.29, 1.82) is 0 Å². The maximum Gasteiger partial charge on any atom is 0.0719 e. The first kappa shape index (κ1) is 12.4. The van der Waals surface area contributed by atoms with Gasteiger partial charge in [-0.2, -0.15) is 0 Å². The third kappa shape index (κ3) is 6.55. The summed E-state index contributed by atoms with van der Waals surface area (Å²) in [5.41, 5.74) is 2.20. The maximum atomic E-state index is 9.17. The molecular formula is C11H20O2. The van der Waals surface area contributed by atoms with Gasteiger partial charge in [0.25, 0.3) is 0 Å². The van der Waals surface area contributed by atoms with E-state index < -0.39 is 0 Å². The largest absolute Gasteiger partial charge is 0.392 e. The fourth-order valence-corrected chi connectivity index (χ4v) is 0.956. The molecule has 0 aromatic heterocycles. The SMILES string of the molecule is C/C(=C\CO)CC/C=C(\C)C(C)O. The van der Waals surface area contributed by atoms with E-state index in [2.05, 4.69) is 0 Å². The van der Waals surface area contributed by atoms with Gasteiger partial charge in [-0.05, 0) is 39.2 Å². The average molecular weight is 184 g/mol. The summed E-state index contributed by atoms with van der Waals surface area (Å²) < 4.78 is 0. The molecular weight excluding hydrogens is 164 g/mol. The molecule has 13 heavy (non-hydrogen) atoms. The second kappa shape index (κ2) is 6.87. The molecule has 0 heterocycles. The smallest absolute Gasteiger partial charge is 0.0719 e. The summed E-state index contributed by atoms with van der Waals surface area (Å²) in [6, 6.07) is 0. The van der Waals surface area contributed by atoms with Gasteiger partial charge < -0.3 is 10.2 Å². The van der Waals surface area contributed by atoms with E-state index in [1.165, 1.54) is 5.57 Å². The first-order valence-corrected chi connectivity index (χ1v) is 4.69. The standard InChI is InChI=1S/C11H20O2/c1-9(7-8-12)5-4-6-10(2)11(3)13/h6-7,11-13H,4-5,8H2,1-3H3/b9-7+,10-6+. The Morgan fingerprint density at radius 2 is 1.92 bits per heavy atom. The molecule has 0 aromatic carbocycles. The molecule has 1 atom stereocenters. The normalized spacial score (nSPS) is 16.1. The first-order chi connectivity index (χ1) is 6.07. The lowest BCUT2D eigenvalue weighted by Gasteiger charge is -2.04. The van der Waals surface area contributed by atoms with Crippen molar-refractivity contribution in [3.63, 3.8) is 0 Å². The average Bonchev–Trinajstić information content (AvgIpc) is 2.04. The molecule has 0 aliphatic heterocycles. The second-order valence-electron chi connectivity index (χ2n) is 3.40. The maximum absolute atomic E-state index is 9.17. The predicted molar refractivity (Wildman–Crippen MR) is 55.5 cm³/mol. The number of allylic oxidation sites excluding steroid dienone is 2. The van der Waals surface area contributed by atoms with Crippen LogP contribution in [0.2, 0.25) is 0 Å². The minimum atomic E-state index is -0.345. The van der Waals surface area contributed by atoms with Crippen LogP contribution in [0.5, 0.6) is 0 Å². The lowest BCUT2D eigenvalue weighted by atomic mass is 10.1. The van der Waals surface area contributed by atoms with E-state index in [9.17, 15) is 0 Å². The molecule has 0 saturated carbocycles. The molecule has 0 bridgehead atoms. The highest BCUT2D eigenvalue weighted by atomic mass is 16.3. The van der Waals surface area contributed by atoms with Crippen LogP contribution in [0.4, 0.5) is 0 Å². The van der Waals surface area contributed by atoms with Gasteiger partial charge >= 0.3 is 0 Å². The molecule has 2 heteroatoms. The number of hydrogen-bond donors (Lipinski definition) is 2. The van der Waals surface area contributed by atoms with Crippen LogP contribution in [-0.2, 0) is 0 Å². The third-order valence-corrected chi connectivity index (χ3v) is 2.10. The lowest BCUT2D eigenvalue weighted by Crippen LogP contribution is -2.00. The van der Waals surface area contributed by atoms with E-state index in [1.54, 1.807) is 6.92 Å². The first-order valence-electron chi connectivity index (χ1n) is 4.69. The third-order valence-electron chi connectivity index (χ3n) is 2.10. The monoisotopic (exact) mass is 184 g/mol. The van der Waals surface area contributed by atoms with Crippen LogP contribution >= 0.6 is 0 Å². The minimum Gasteiger partial charge on any atom is -0.392 e. The van der Waals surface area contributed by atoms with Crippen molar-refractivity contribution in [2.75, 3.05) is 6.61 Å². The van der Waals surface area contributed by atoms with Gasteiger partial charge in [0.15, 0.2) is 0 Å². The van der Waals surface area contributed by atoms with Crippen molar-refractivity contribution >= 4 is 0 Å². The Labute approximate surface area is 80.6 Å². The van der Waals surface area contributed by atoms with Gasteiger partial charge in [0.2, 0.25) is 0 Å². The van der Waals surface area contributed by atoms with Crippen molar-refractivity contribution in [3.8, 4) is 0 Å². The molecule has 0 radical (unpaired) electrons. The summed E-state index contributed by atoms with van der Waals surface area (Å²) in [6.07, 6.45) is 5.39. The molecule has 2 N–H and O–H groups in total. The van der Waals surface area contributed by atoms with Crippen LogP contribution < -0.4 is 0 Å². The Hall–Kier alpha value is -0.600. The van der Waals surface area contributed by atoms with E-state index in [4.69, 9.17) is 10.2 Å². The Bertz CT molecular complexity index is 190. The van der Waals surface area contributed by atoms with Crippen molar-refractivity contribution < 1.29 is 10.2 Å². The van der Waals surface area contributed by atoms with Gasteiger partial charge in [0.05, 0.1) is 12.7 Å². The Morgan fingerprint density at radius 1 is 1.31 bits per heavy atom. The second-order valence-corrected chi connectivity index (χ2v) is 3.40. The van der Waals surface area contributed by atoms with Crippen molar-refractivity contribution in [3.05, 3.63) is 23.3 Å². The number of rotatable bonds is 5. The Balaban J connectivity index is 3.78. The van der Waals surface area contributed by atoms with Gasteiger partial charge in [0, 0.05) is 0 Å². The summed E-state index contributed by atoms with van der Waals surface area (Å²) in [4.78, 5) is 0. The molecule has 0 rings (SSSR count). The molecule has 0 spiro atoms. The van der Waals surface area contributed by atoms with Crippen molar-refractivity contribution in [2.45, 2.75) is 39.7 Å². The molecule has 0 saturated heterocycles. The van der Waals surface area contributed by atoms with E-state index >= 15 is 0 Å². The van der Waals surface area contributed by atoms with Crippen LogP contribution in [0, 0.1) is 0 Å². The summed E-state index contributed by atoms with van der Waals surface area (Å²) in [5, 5.41) is 17.8. The van der Waals surface area contributed by atoms with E-state index in [0.29, 0.717) is 0 Å². The Morgan fingerprint density at radius 3 is 2.38 bits per heavy atom. The molecule has 0 aromatic rings. The zero-order valence-electron chi connectivity index (χ0n) is 8.75. The summed E-state index contributed by atoms with van der Waals surface area (Å²) >= 11 is 0. The van der Waals surface area contributed by atoms with Crippen LogP contribution in [0.1, 0.15) is 33.6 Å². The van der Waals surface area contributed by atoms with Crippen molar-refractivity contribution in [1.82, 2.24) is 0 Å². The van der Waals surface area contributed by atoms with E-state index in [0.717, 1.165) is 18.4 Å². The highest BCUT2D eigenvalue weighted by Crippen LogP contribution is 2.08. The predicted octanol–water partition coefficient (Wildman–Crippen LogP) is 2.03. The fraction of sp³-hybridized carbons (Fsp3) is 0.636. The Kier molecular flexibility index (Phi) is 6.55. The molecule has 0 aliphatic rings. The molecule has 2 nitrogen and oxygen atoms in total. The van der Waals surface area contributed by atoms with Gasteiger partial charge in [-0.15, -0.1) is 0 Å². The van der Waals surface area contributed by atoms with Gasteiger partial charge in [0.1, 0.15) is 0 Å². The summed E-state index contributed by atoms with van der Waals surface area (Å²) in [7, 11) is 0. The summed E-state index contributed by atoms with van der Waals surface area (Å²) in [6.45, 7) is 5.81. The molecule has 1 unspecified atom stereocenters. The van der Waals surface area contributed by atoms with Crippen LogP contribution in [0.25, 0.3) is 0 Å². The number of aliphatic hydroxyl groups excluding tert-OH is 2. The van der Waals surface area contributed by atoms with Gasteiger partial charge in [-0.25, -0.2) is 0 Å². The van der Waals surface area contributed by atoms with E-state index in [1.807, 2.05) is 26.0 Å². The zero-order valence-corrected chi connectivity index (χ0v) is 8.75. The number of hydrogen-bond acceptors (Lipinski definition) is 2. The molecule has 0 fully saturated rings. The van der Waals surface area contributed by atoms with Crippen molar-refractivity contribution in [2.24, 2.45) is 0 Å². The highest BCUT2D eigenvalue weighted by Gasteiger charge is 1.96. The molecule has 0 aliphatic carbocycles. The summed E-state index contributed by atoms with van der Waals surface area (Å²) in [5.74, 6) is 0. The lowest BCUT2D eigenvalue weighted by molar-refractivity contribution is 0.231. The van der Waals surface area contributed by atoms with Gasteiger partial charge in [-0.3, -0.25) is 0 Å². The fourth-order valence-electron chi connectivity index (χ4n) is 0.956. The number of aliphatic hydroxyl groups is 2. The van der Waals surface area contributed by atoms with Crippen LogP contribution in [0.15, 0.2) is 23.3 Å². The van der Waals surface area contributed by atoms with Crippen LogP contribution in [0.3, 0.4) is 0 Å². The molecule has 0 amide bonds. The quantitative estimate of drug-likeness (QED) is 0.642. The molecule has 76 valence electrons. The minimum absolute atomic E-state index is 0.116.